The quantitative estimate of drug-likeness (QED) is 0.547. The first kappa shape index (κ1) is 21.6. The summed E-state index contributed by atoms with van der Waals surface area (Å²) < 4.78 is 18.9. The van der Waals surface area contributed by atoms with Crippen molar-refractivity contribution in [2.75, 3.05) is 19.7 Å². The van der Waals surface area contributed by atoms with Crippen molar-refractivity contribution in [1.29, 1.82) is 0 Å². The summed E-state index contributed by atoms with van der Waals surface area (Å²) in [7, 11) is 0. The molecule has 0 aromatic heterocycles. The fraction of sp³-hybridized carbons (Fsp3) is 0.476. The zero-order valence-corrected chi connectivity index (χ0v) is 16.6. The van der Waals surface area contributed by atoms with Gasteiger partial charge in [0.15, 0.2) is 0 Å². The molecule has 0 spiro atoms. The van der Waals surface area contributed by atoms with Gasteiger partial charge in [0.2, 0.25) is 11.8 Å². The fourth-order valence-corrected chi connectivity index (χ4v) is 3.29. The molecule has 0 unspecified atom stereocenters. The van der Waals surface area contributed by atoms with Crippen molar-refractivity contribution < 1.29 is 23.5 Å². The van der Waals surface area contributed by atoms with E-state index in [1.54, 1.807) is 26.0 Å². The summed E-state index contributed by atoms with van der Waals surface area (Å²) in [4.78, 5) is 38.8. The number of amides is 2. The number of hydrogen-bond acceptors (Lipinski definition) is 4. The van der Waals surface area contributed by atoms with Crippen molar-refractivity contribution in [3.8, 4) is 0 Å². The number of halogens is 1. The van der Waals surface area contributed by atoms with Gasteiger partial charge in [0.25, 0.3) is 0 Å². The Bertz CT molecular complexity index is 775. The monoisotopic (exact) mass is 390 g/mol. The summed E-state index contributed by atoms with van der Waals surface area (Å²) >= 11 is 0. The molecule has 6 nitrogen and oxygen atoms in total. The van der Waals surface area contributed by atoms with Crippen molar-refractivity contribution in [1.82, 2.24) is 10.2 Å². The maximum absolute atomic E-state index is 13.7. The van der Waals surface area contributed by atoms with E-state index in [4.69, 9.17) is 4.74 Å². The van der Waals surface area contributed by atoms with Crippen LogP contribution >= 0.6 is 0 Å². The minimum Gasteiger partial charge on any atom is -0.463 e. The number of hydrogen-bond donors (Lipinski definition) is 1. The Morgan fingerprint density at radius 1 is 1.32 bits per heavy atom. The maximum Gasteiger partial charge on any atom is 0.336 e. The highest BCUT2D eigenvalue weighted by molar-refractivity contribution is 5.97. The third-order valence-corrected chi connectivity index (χ3v) is 4.72. The Hall–Kier alpha value is -2.70. The molecule has 1 heterocycles. The van der Waals surface area contributed by atoms with E-state index in [0.717, 1.165) is 12.8 Å². The molecule has 0 radical (unpaired) electrons. The Kier molecular flexibility index (Phi) is 7.72. The van der Waals surface area contributed by atoms with Crippen LogP contribution in [-0.2, 0) is 19.1 Å². The summed E-state index contributed by atoms with van der Waals surface area (Å²) in [5, 5.41) is 2.77. The van der Waals surface area contributed by atoms with Crippen LogP contribution in [0.3, 0.4) is 0 Å². The highest BCUT2D eigenvalue weighted by Gasteiger charge is 2.37. The van der Waals surface area contributed by atoms with Gasteiger partial charge < -0.3 is 15.0 Å². The normalized spacial score (nSPS) is 16.9. The van der Waals surface area contributed by atoms with E-state index in [2.05, 4.69) is 5.32 Å². The van der Waals surface area contributed by atoms with E-state index in [9.17, 15) is 18.8 Å². The van der Waals surface area contributed by atoms with Gasteiger partial charge in [-0.2, -0.15) is 0 Å². The number of carbonyl (C=O) groups excluding carboxylic acids is 3. The van der Waals surface area contributed by atoms with Gasteiger partial charge in [-0.15, -0.1) is 0 Å². The number of benzene rings is 1. The number of esters is 1. The summed E-state index contributed by atoms with van der Waals surface area (Å²) in [6, 6.07) is 5.85. The molecule has 1 N–H and O–H groups in total. The first-order valence-corrected chi connectivity index (χ1v) is 9.59. The highest BCUT2D eigenvalue weighted by atomic mass is 19.1. The number of nitrogens with zero attached hydrogens (tertiary/aromatic N) is 1. The number of rotatable bonds is 8. The van der Waals surface area contributed by atoms with Crippen LogP contribution in [0.2, 0.25) is 0 Å². The van der Waals surface area contributed by atoms with Crippen LogP contribution in [0.25, 0.3) is 0 Å². The third kappa shape index (κ3) is 5.18. The Balaban J connectivity index is 2.35. The third-order valence-electron chi connectivity index (χ3n) is 4.72. The van der Waals surface area contributed by atoms with E-state index < -0.39 is 17.7 Å². The summed E-state index contributed by atoms with van der Waals surface area (Å²) in [6.45, 7) is 5.89. The van der Waals surface area contributed by atoms with Gasteiger partial charge in [0.05, 0.1) is 12.2 Å². The van der Waals surface area contributed by atoms with Crippen LogP contribution in [0.4, 0.5) is 4.39 Å². The average Bonchev–Trinajstić information content (AvgIpc) is 2.65. The first-order chi connectivity index (χ1) is 13.4. The molecule has 1 aromatic rings. The van der Waals surface area contributed by atoms with Crippen molar-refractivity contribution in [3.05, 3.63) is 46.9 Å². The Labute approximate surface area is 164 Å². The molecule has 7 heteroatoms. The lowest BCUT2D eigenvalue weighted by molar-refractivity contribution is -0.141. The van der Waals surface area contributed by atoms with Crippen molar-refractivity contribution in [2.24, 2.45) is 0 Å². The maximum atomic E-state index is 13.7. The second-order valence-corrected chi connectivity index (χ2v) is 6.71. The molecule has 1 aliphatic heterocycles. The van der Waals surface area contributed by atoms with E-state index in [0.29, 0.717) is 17.8 Å². The Morgan fingerprint density at radius 2 is 2.07 bits per heavy atom. The molecular weight excluding hydrogens is 363 g/mol. The van der Waals surface area contributed by atoms with Crippen LogP contribution in [0, 0.1) is 5.82 Å². The van der Waals surface area contributed by atoms with Gasteiger partial charge >= 0.3 is 5.97 Å². The molecule has 1 aliphatic rings. The lowest BCUT2D eigenvalue weighted by Crippen LogP contribution is -2.44. The molecule has 0 fully saturated rings. The fourth-order valence-electron chi connectivity index (χ4n) is 3.29. The topological polar surface area (TPSA) is 75.7 Å². The highest BCUT2D eigenvalue weighted by Crippen LogP contribution is 2.37. The van der Waals surface area contributed by atoms with Crippen LogP contribution in [0.1, 0.15) is 51.5 Å². The summed E-state index contributed by atoms with van der Waals surface area (Å²) in [5.41, 5.74) is 1.19. The van der Waals surface area contributed by atoms with Gasteiger partial charge in [-0.1, -0.05) is 25.5 Å². The molecular formula is C21H27FN2O4. The number of nitrogens with one attached hydrogen (secondary N) is 1. The van der Waals surface area contributed by atoms with Gasteiger partial charge in [0, 0.05) is 24.6 Å². The summed E-state index contributed by atoms with van der Waals surface area (Å²) in [5.74, 6) is -2.18. The smallest absolute Gasteiger partial charge is 0.336 e. The van der Waals surface area contributed by atoms with Crippen molar-refractivity contribution in [3.63, 3.8) is 0 Å². The van der Waals surface area contributed by atoms with Gasteiger partial charge in [-0.05, 0) is 38.0 Å². The molecule has 2 amide bonds. The SMILES string of the molecule is CCCCNC(=O)CN1C(=O)C[C@H](c2cccc(F)c2)C(C(=O)OCC)=C1C. The molecule has 0 aliphatic carbocycles. The van der Waals surface area contributed by atoms with E-state index in [1.165, 1.54) is 17.0 Å². The zero-order chi connectivity index (χ0) is 20.7. The second-order valence-electron chi connectivity index (χ2n) is 6.71. The summed E-state index contributed by atoms with van der Waals surface area (Å²) in [6.07, 6.45) is 1.77. The van der Waals surface area contributed by atoms with Gasteiger partial charge in [0.1, 0.15) is 12.4 Å². The molecule has 0 saturated heterocycles. The largest absolute Gasteiger partial charge is 0.463 e. The predicted octanol–water partition coefficient (Wildman–Crippen LogP) is 2.90. The molecule has 28 heavy (non-hydrogen) atoms. The average molecular weight is 390 g/mol. The number of carbonyl (C=O) groups is 3. The number of unbranched alkanes of at least 4 members (excludes halogenated alkanes) is 1. The second kappa shape index (κ2) is 10.0. The van der Waals surface area contributed by atoms with E-state index >= 15 is 0 Å². The molecule has 0 bridgehead atoms. The van der Waals surface area contributed by atoms with E-state index in [-0.39, 0.29) is 37.0 Å². The van der Waals surface area contributed by atoms with Gasteiger partial charge in [-0.3, -0.25) is 9.59 Å². The number of ether oxygens (including phenoxy) is 1. The Morgan fingerprint density at radius 3 is 2.71 bits per heavy atom. The molecule has 1 atom stereocenters. The number of allylic oxidation sites excluding steroid dienone is 1. The zero-order valence-electron chi connectivity index (χ0n) is 16.6. The van der Waals surface area contributed by atoms with Crippen molar-refractivity contribution in [2.45, 2.75) is 46.0 Å². The van der Waals surface area contributed by atoms with Gasteiger partial charge in [-0.25, -0.2) is 9.18 Å². The first-order valence-electron chi connectivity index (χ1n) is 9.59. The molecule has 1 aromatic carbocycles. The van der Waals surface area contributed by atoms with Crippen molar-refractivity contribution >= 4 is 17.8 Å². The minimum atomic E-state index is -0.610. The van der Waals surface area contributed by atoms with Crippen LogP contribution in [0.5, 0.6) is 0 Å². The minimum absolute atomic E-state index is 0.0306. The van der Waals surface area contributed by atoms with E-state index in [1.807, 2.05) is 6.92 Å². The lowest BCUT2D eigenvalue weighted by Gasteiger charge is -2.34. The van der Waals surface area contributed by atoms with Crippen LogP contribution < -0.4 is 5.32 Å². The van der Waals surface area contributed by atoms with Crippen LogP contribution in [0.15, 0.2) is 35.5 Å². The molecule has 2 rings (SSSR count). The predicted molar refractivity (Wildman–Crippen MR) is 103 cm³/mol. The lowest BCUT2D eigenvalue weighted by atomic mass is 9.83. The standard InChI is InChI=1S/C21H27FN2O4/c1-4-6-10-23-18(25)13-24-14(3)20(21(27)28-5-2)17(12-19(24)26)15-8-7-9-16(22)11-15/h7-9,11,17H,4-6,10,12-13H2,1-3H3,(H,23,25)/t17-/m1/s1. The molecule has 152 valence electrons. The van der Waals surface area contributed by atoms with Crippen LogP contribution in [-0.4, -0.2) is 42.4 Å². The molecule has 0 saturated carbocycles.